The summed E-state index contributed by atoms with van der Waals surface area (Å²) in [5.41, 5.74) is 1.05. The van der Waals surface area contributed by atoms with Crippen molar-refractivity contribution in [1.29, 1.82) is 0 Å². The number of halogens is 1. The van der Waals surface area contributed by atoms with Gasteiger partial charge in [0.15, 0.2) is 0 Å². The van der Waals surface area contributed by atoms with Gasteiger partial charge in [-0.05, 0) is 42.8 Å². The van der Waals surface area contributed by atoms with Crippen LogP contribution < -0.4 is 0 Å². The number of aromatic nitrogens is 1. The second kappa shape index (κ2) is 4.36. The molecule has 0 saturated heterocycles. The maximum absolute atomic E-state index is 13.2. The highest BCUT2D eigenvalue weighted by Crippen LogP contribution is 2.31. The molecule has 0 atom stereocenters. The van der Waals surface area contributed by atoms with Crippen LogP contribution in [-0.4, -0.2) is 4.98 Å². The predicted molar refractivity (Wildman–Crippen MR) is 62.0 cm³/mol. The van der Waals surface area contributed by atoms with Crippen molar-refractivity contribution in [3.05, 3.63) is 54.5 Å². The summed E-state index contributed by atoms with van der Waals surface area (Å²) >= 11 is 1.41. The third-order valence-corrected chi connectivity index (χ3v) is 3.13. The van der Waals surface area contributed by atoms with Gasteiger partial charge in [0.05, 0.1) is 4.88 Å². The fourth-order valence-corrected chi connectivity index (χ4v) is 2.18. The van der Waals surface area contributed by atoms with E-state index in [1.165, 1.54) is 17.4 Å². The second-order valence-corrected chi connectivity index (χ2v) is 4.04. The standard InChI is InChI=1S/C12H9FNS/c1-2-10(13)12-4-3-11(15-12)9-5-7-14-8-6-9/h2-8H,1H2/b10-2+. The van der Waals surface area contributed by atoms with Gasteiger partial charge in [0.2, 0.25) is 0 Å². The maximum atomic E-state index is 13.2. The van der Waals surface area contributed by atoms with Gasteiger partial charge in [0.1, 0.15) is 5.83 Å². The summed E-state index contributed by atoms with van der Waals surface area (Å²) < 4.78 is 13.2. The Morgan fingerprint density at radius 2 is 2.00 bits per heavy atom. The first kappa shape index (κ1) is 10.1. The molecule has 0 spiro atoms. The highest BCUT2D eigenvalue weighted by atomic mass is 32.1. The molecule has 0 fully saturated rings. The van der Waals surface area contributed by atoms with Gasteiger partial charge in [-0.25, -0.2) is 4.39 Å². The van der Waals surface area contributed by atoms with E-state index in [9.17, 15) is 4.39 Å². The number of nitrogens with zero attached hydrogens (tertiary/aromatic N) is 1. The highest BCUT2D eigenvalue weighted by molar-refractivity contribution is 7.16. The first-order valence-corrected chi connectivity index (χ1v) is 5.28. The van der Waals surface area contributed by atoms with Crippen molar-refractivity contribution in [3.8, 4) is 10.4 Å². The Kier molecular flexibility index (Phi) is 2.92. The van der Waals surface area contributed by atoms with Crippen LogP contribution in [0.25, 0.3) is 16.3 Å². The van der Waals surface area contributed by atoms with E-state index in [4.69, 9.17) is 0 Å². The summed E-state index contributed by atoms with van der Waals surface area (Å²) in [6, 6.07) is 7.47. The third kappa shape index (κ3) is 2.13. The Balaban J connectivity index is 2.36. The molecule has 0 bridgehead atoms. The molecule has 15 heavy (non-hydrogen) atoms. The van der Waals surface area contributed by atoms with Crippen molar-refractivity contribution < 1.29 is 4.39 Å². The van der Waals surface area contributed by atoms with Crippen LogP contribution in [0.1, 0.15) is 4.88 Å². The normalized spacial score (nSPS) is 11.7. The van der Waals surface area contributed by atoms with E-state index in [2.05, 4.69) is 11.9 Å². The number of pyridine rings is 1. The Morgan fingerprint density at radius 3 is 2.67 bits per heavy atom. The molecule has 75 valence electrons. The van der Waals surface area contributed by atoms with Crippen LogP contribution in [0.3, 0.4) is 0 Å². The van der Waals surface area contributed by atoms with Crippen LogP contribution in [0.4, 0.5) is 4.39 Å². The largest absolute Gasteiger partial charge is 0.265 e. The quantitative estimate of drug-likeness (QED) is 0.743. The fraction of sp³-hybridized carbons (Fsp3) is 0. The van der Waals surface area contributed by atoms with Gasteiger partial charge in [-0.1, -0.05) is 0 Å². The van der Waals surface area contributed by atoms with Crippen molar-refractivity contribution >= 4 is 17.2 Å². The molecule has 2 aromatic heterocycles. The summed E-state index contributed by atoms with van der Waals surface area (Å²) in [6.45, 7) is 3.40. The topological polar surface area (TPSA) is 12.9 Å². The van der Waals surface area contributed by atoms with Crippen LogP contribution in [0.2, 0.25) is 0 Å². The average molecular weight is 218 g/mol. The molecule has 3 heteroatoms. The highest BCUT2D eigenvalue weighted by Gasteiger charge is 2.05. The Labute approximate surface area is 91.9 Å². The van der Waals surface area contributed by atoms with Gasteiger partial charge in [-0.2, -0.15) is 0 Å². The molecular weight excluding hydrogens is 209 g/mol. The van der Waals surface area contributed by atoms with Crippen molar-refractivity contribution in [2.75, 3.05) is 0 Å². The number of hydrogen-bond donors (Lipinski definition) is 0. The SMILES string of the molecule is [CH2]/C=C(/F)c1ccc(-c2ccncc2)s1. The Morgan fingerprint density at radius 1 is 1.27 bits per heavy atom. The van der Waals surface area contributed by atoms with E-state index in [0.29, 0.717) is 4.88 Å². The summed E-state index contributed by atoms with van der Waals surface area (Å²) in [5, 5.41) is 0. The van der Waals surface area contributed by atoms with Crippen LogP contribution in [0.15, 0.2) is 42.7 Å². The Hall–Kier alpha value is -1.48. The molecule has 0 N–H and O–H groups in total. The second-order valence-electron chi connectivity index (χ2n) is 2.95. The molecule has 1 radical (unpaired) electrons. The number of thiophene rings is 1. The zero-order valence-electron chi connectivity index (χ0n) is 7.98. The monoisotopic (exact) mass is 218 g/mol. The van der Waals surface area contributed by atoms with Gasteiger partial charge in [0.25, 0.3) is 0 Å². The van der Waals surface area contributed by atoms with E-state index in [1.807, 2.05) is 18.2 Å². The molecule has 0 aromatic carbocycles. The van der Waals surface area contributed by atoms with Crippen molar-refractivity contribution in [2.24, 2.45) is 0 Å². The molecule has 0 aliphatic heterocycles. The number of allylic oxidation sites excluding steroid dienone is 1. The van der Waals surface area contributed by atoms with E-state index < -0.39 is 0 Å². The maximum Gasteiger partial charge on any atom is 0.136 e. The van der Waals surface area contributed by atoms with E-state index in [1.54, 1.807) is 18.5 Å². The van der Waals surface area contributed by atoms with Gasteiger partial charge < -0.3 is 0 Å². The van der Waals surface area contributed by atoms with E-state index in [-0.39, 0.29) is 5.83 Å². The lowest BCUT2D eigenvalue weighted by molar-refractivity contribution is 0.764. The third-order valence-electron chi connectivity index (χ3n) is 1.99. The van der Waals surface area contributed by atoms with Gasteiger partial charge in [-0.15, -0.1) is 11.3 Å². The minimum atomic E-state index is -0.277. The zero-order chi connectivity index (χ0) is 10.7. The summed E-state index contributed by atoms with van der Waals surface area (Å²) in [7, 11) is 0. The molecule has 0 unspecified atom stereocenters. The summed E-state index contributed by atoms with van der Waals surface area (Å²) in [4.78, 5) is 5.58. The first-order valence-electron chi connectivity index (χ1n) is 4.47. The Bertz CT molecular complexity index is 473. The zero-order valence-corrected chi connectivity index (χ0v) is 8.80. The lowest BCUT2D eigenvalue weighted by atomic mass is 10.2. The molecular formula is C12H9FNS. The molecule has 0 aliphatic carbocycles. The minimum absolute atomic E-state index is 0.277. The van der Waals surface area contributed by atoms with Crippen LogP contribution >= 0.6 is 11.3 Å². The van der Waals surface area contributed by atoms with Crippen molar-refractivity contribution in [1.82, 2.24) is 4.98 Å². The smallest absolute Gasteiger partial charge is 0.136 e. The molecule has 0 aliphatic rings. The molecule has 2 heterocycles. The fourth-order valence-electron chi connectivity index (χ4n) is 1.24. The number of hydrogen-bond acceptors (Lipinski definition) is 2. The lowest BCUT2D eigenvalue weighted by Crippen LogP contribution is -1.71. The van der Waals surface area contributed by atoms with Crippen LogP contribution in [-0.2, 0) is 0 Å². The van der Waals surface area contributed by atoms with Crippen LogP contribution in [0, 0.1) is 6.92 Å². The number of rotatable bonds is 2. The molecule has 2 aromatic rings. The molecule has 0 saturated carbocycles. The van der Waals surface area contributed by atoms with E-state index in [0.717, 1.165) is 10.4 Å². The van der Waals surface area contributed by atoms with Gasteiger partial charge in [-0.3, -0.25) is 4.98 Å². The molecule has 2 rings (SSSR count). The van der Waals surface area contributed by atoms with Crippen molar-refractivity contribution in [3.63, 3.8) is 0 Å². The summed E-state index contributed by atoms with van der Waals surface area (Å²) in [5.74, 6) is -0.277. The average Bonchev–Trinajstić information content (AvgIpc) is 2.78. The lowest BCUT2D eigenvalue weighted by Gasteiger charge is -1.94. The van der Waals surface area contributed by atoms with Crippen molar-refractivity contribution in [2.45, 2.75) is 0 Å². The first-order chi connectivity index (χ1) is 7.31. The van der Waals surface area contributed by atoms with Gasteiger partial charge in [0, 0.05) is 17.3 Å². The van der Waals surface area contributed by atoms with Crippen LogP contribution in [0.5, 0.6) is 0 Å². The van der Waals surface area contributed by atoms with E-state index >= 15 is 0 Å². The predicted octanol–water partition coefficient (Wildman–Crippen LogP) is 3.95. The molecule has 1 nitrogen and oxygen atoms in total. The minimum Gasteiger partial charge on any atom is -0.265 e. The van der Waals surface area contributed by atoms with Gasteiger partial charge >= 0.3 is 0 Å². The molecule has 0 amide bonds. The summed E-state index contributed by atoms with van der Waals surface area (Å²) in [6.07, 6.45) is 4.67.